The minimum atomic E-state index is -0.893. The normalized spacial score (nSPS) is 19.4. The second-order valence-corrected chi connectivity index (χ2v) is 12.2. The van der Waals surface area contributed by atoms with Gasteiger partial charge in [-0.15, -0.1) is 0 Å². The molecule has 9 heteroatoms. The molecule has 2 aliphatic rings. The minimum absolute atomic E-state index is 0.00675. The second-order valence-electron chi connectivity index (χ2n) is 12.2. The molecule has 1 aromatic heterocycles. The number of carbonyl (C=O) groups excluding carboxylic acids is 1. The molecule has 1 saturated heterocycles. The van der Waals surface area contributed by atoms with Crippen LogP contribution in [0.1, 0.15) is 63.4 Å². The lowest BCUT2D eigenvalue weighted by Crippen LogP contribution is -2.46. The second kappa shape index (κ2) is 12.1. The van der Waals surface area contributed by atoms with E-state index in [1.807, 2.05) is 46.0 Å². The Balaban J connectivity index is 1.56. The third-order valence-corrected chi connectivity index (χ3v) is 7.38. The number of aryl methyl sites for hydroxylation is 2. The molecular weight excluding hydrogens is 496 g/mol. The molecule has 0 bridgehead atoms. The fourth-order valence-electron chi connectivity index (χ4n) is 5.20. The summed E-state index contributed by atoms with van der Waals surface area (Å²) < 4.78 is 12.7. The number of fused-ring (bicyclic) bond motifs is 1. The zero-order valence-electron chi connectivity index (χ0n) is 24.1. The lowest BCUT2D eigenvalue weighted by atomic mass is 9.98. The van der Waals surface area contributed by atoms with Gasteiger partial charge in [0.25, 0.3) is 5.56 Å². The minimum Gasteiger partial charge on any atom is -0.464 e. The van der Waals surface area contributed by atoms with E-state index in [1.165, 1.54) is 0 Å². The highest BCUT2D eigenvalue weighted by molar-refractivity contribution is 5.78. The van der Waals surface area contributed by atoms with Crippen LogP contribution in [0.2, 0.25) is 0 Å². The Morgan fingerprint density at radius 1 is 1.26 bits per heavy atom. The summed E-state index contributed by atoms with van der Waals surface area (Å²) >= 11 is 0. The molecule has 2 aromatic rings. The third kappa shape index (κ3) is 7.21. The molecule has 1 unspecified atom stereocenters. The number of ether oxygens (including phenoxy) is 2. The SMILES string of the molecule is Cc1cc(C2Nc3ccc(CN[C@H](C(=O)OCC(C)(C)C)[C@@H](C)O)cc3N2CC2CCOCC2)cn(C)c1=O. The number of nitrogens with zero attached hydrogens (tertiary/aromatic N) is 2. The van der Waals surface area contributed by atoms with Crippen molar-refractivity contribution in [3.8, 4) is 0 Å². The summed E-state index contributed by atoms with van der Waals surface area (Å²) in [6.45, 7) is 12.6. The van der Waals surface area contributed by atoms with Crippen molar-refractivity contribution in [3.05, 3.63) is 57.5 Å². The van der Waals surface area contributed by atoms with E-state index in [-0.39, 0.29) is 23.7 Å². The molecule has 0 radical (unpaired) electrons. The van der Waals surface area contributed by atoms with E-state index < -0.39 is 18.1 Å². The van der Waals surface area contributed by atoms with Crippen molar-refractivity contribution in [1.82, 2.24) is 9.88 Å². The van der Waals surface area contributed by atoms with Gasteiger partial charge in [-0.25, -0.2) is 0 Å². The highest BCUT2D eigenvalue weighted by Gasteiger charge is 2.33. The number of carbonyl (C=O) groups is 1. The Bertz CT molecular complexity index is 1190. The molecule has 0 spiro atoms. The van der Waals surface area contributed by atoms with Crippen LogP contribution in [-0.4, -0.2) is 54.2 Å². The molecule has 3 heterocycles. The lowest BCUT2D eigenvalue weighted by Gasteiger charge is -2.33. The summed E-state index contributed by atoms with van der Waals surface area (Å²) in [4.78, 5) is 27.4. The van der Waals surface area contributed by atoms with Gasteiger partial charge in [0.05, 0.1) is 24.1 Å². The number of aliphatic hydroxyl groups excluding tert-OH is 1. The maximum Gasteiger partial charge on any atom is 0.325 e. The summed E-state index contributed by atoms with van der Waals surface area (Å²) in [6.07, 6.45) is 2.94. The first-order chi connectivity index (χ1) is 18.4. The van der Waals surface area contributed by atoms with Crippen molar-refractivity contribution >= 4 is 17.3 Å². The van der Waals surface area contributed by atoms with Gasteiger partial charge >= 0.3 is 5.97 Å². The molecule has 2 aliphatic heterocycles. The molecule has 0 aliphatic carbocycles. The molecule has 1 aromatic carbocycles. The van der Waals surface area contributed by atoms with Crippen LogP contribution in [0.15, 0.2) is 35.3 Å². The van der Waals surface area contributed by atoms with Crippen LogP contribution < -0.4 is 21.1 Å². The van der Waals surface area contributed by atoms with Gasteiger partial charge in [-0.05, 0) is 61.8 Å². The summed E-state index contributed by atoms with van der Waals surface area (Å²) in [5.41, 5.74) is 4.71. The van der Waals surface area contributed by atoms with Crippen LogP contribution in [0.4, 0.5) is 11.4 Å². The quantitative estimate of drug-likeness (QED) is 0.416. The van der Waals surface area contributed by atoms with E-state index in [0.29, 0.717) is 18.0 Å². The Kier molecular flexibility index (Phi) is 9.03. The molecule has 0 saturated carbocycles. The van der Waals surface area contributed by atoms with Gasteiger partial charge in [0.1, 0.15) is 12.2 Å². The molecule has 4 rings (SSSR count). The number of nitrogens with one attached hydrogen (secondary N) is 2. The smallest absolute Gasteiger partial charge is 0.325 e. The number of aliphatic hydroxyl groups is 1. The molecule has 39 heavy (non-hydrogen) atoms. The number of rotatable bonds is 9. The van der Waals surface area contributed by atoms with E-state index in [2.05, 4.69) is 27.7 Å². The van der Waals surface area contributed by atoms with Gasteiger partial charge in [-0.3, -0.25) is 14.9 Å². The van der Waals surface area contributed by atoms with E-state index in [0.717, 1.165) is 55.1 Å². The maximum atomic E-state index is 12.7. The van der Waals surface area contributed by atoms with E-state index in [9.17, 15) is 14.7 Å². The topological polar surface area (TPSA) is 105 Å². The Morgan fingerprint density at radius 3 is 2.62 bits per heavy atom. The van der Waals surface area contributed by atoms with E-state index >= 15 is 0 Å². The van der Waals surface area contributed by atoms with Gasteiger partial charge in [0, 0.05) is 50.7 Å². The maximum absolute atomic E-state index is 12.7. The summed E-state index contributed by atoms with van der Waals surface area (Å²) in [7, 11) is 1.79. The number of hydrogen-bond acceptors (Lipinski definition) is 8. The Hall–Kier alpha value is -2.88. The lowest BCUT2D eigenvalue weighted by molar-refractivity contribution is -0.151. The van der Waals surface area contributed by atoms with Crippen molar-refractivity contribution < 1.29 is 19.4 Å². The largest absolute Gasteiger partial charge is 0.464 e. The molecule has 0 amide bonds. The predicted molar refractivity (Wildman–Crippen MR) is 153 cm³/mol. The summed E-state index contributed by atoms with van der Waals surface area (Å²) in [6, 6.07) is 7.39. The van der Waals surface area contributed by atoms with Crippen molar-refractivity contribution in [2.24, 2.45) is 18.4 Å². The van der Waals surface area contributed by atoms with Gasteiger partial charge in [0.15, 0.2) is 0 Å². The molecule has 3 N–H and O–H groups in total. The predicted octanol–water partition coefficient (Wildman–Crippen LogP) is 3.48. The first-order valence-corrected chi connectivity index (χ1v) is 13.9. The summed E-state index contributed by atoms with van der Waals surface area (Å²) in [5.74, 6) is 0.0515. The first kappa shape index (κ1) is 29.1. The molecule has 1 fully saturated rings. The van der Waals surface area contributed by atoms with Gasteiger partial charge in [-0.2, -0.15) is 0 Å². The molecule has 214 valence electrons. The molecule has 3 atom stereocenters. The first-order valence-electron chi connectivity index (χ1n) is 13.9. The average molecular weight is 541 g/mol. The van der Waals surface area contributed by atoms with E-state index in [4.69, 9.17) is 9.47 Å². The average Bonchev–Trinajstić information content (AvgIpc) is 3.23. The Morgan fingerprint density at radius 2 is 1.97 bits per heavy atom. The van der Waals surface area contributed by atoms with Gasteiger partial charge in [-0.1, -0.05) is 26.8 Å². The highest BCUT2D eigenvalue weighted by Crippen LogP contribution is 2.42. The van der Waals surface area contributed by atoms with Crippen LogP contribution in [0.5, 0.6) is 0 Å². The number of aromatic nitrogens is 1. The molecule has 9 nitrogen and oxygen atoms in total. The Labute approximate surface area is 231 Å². The van der Waals surface area contributed by atoms with Crippen molar-refractivity contribution in [2.75, 3.05) is 36.6 Å². The van der Waals surface area contributed by atoms with Gasteiger partial charge < -0.3 is 29.4 Å². The van der Waals surface area contributed by atoms with Crippen LogP contribution in [0, 0.1) is 18.3 Å². The zero-order valence-corrected chi connectivity index (χ0v) is 24.1. The monoisotopic (exact) mass is 540 g/mol. The van der Waals surface area contributed by atoms with Crippen molar-refractivity contribution in [3.63, 3.8) is 0 Å². The number of pyridine rings is 1. The number of hydrogen-bond donors (Lipinski definition) is 3. The number of benzene rings is 1. The van der Waals surface area contributed by atoms with Crippen molar-refractivity contribution in [2.45, 2.75) is 72.3 Å². The van der Waals surface area contributed by atoms with Crippen LogP contribution in [0.25, 0.3) is 0 Å². The standard InChI is InChI=1S/C30H44N4O5/c1-19-13-23(17-33(6)28(19)36)27-32-24-8-7-22(14-25(24)34(27)16-21-9-11-38-12-10-21)15-31-26(20(2)35)29(37)39-18-30(3,4)5/h7-8,13-14,17,20-21,26-27,31-32,35H,9-12,15-16,18H2,1-6H3/t20-,26+,27?/m1/s1. The van der Waals surface area contributed by atoms with Crippen LogP contribution in [0.3, 0.4) is 0 Å². The fourth-order valence-corrected chi connectivity index (χ4v) is 5.20. The van der Waals surface area contributed by atoms with Crippen LogP contribution in [-0.2, 0) is 27.9 Å². The number of anilines is 2. The molecular formula is C30H44N4O5. The number of esters is 1. The van der Waals surface area contributed by atoms with Crippen molar-refractivity contribution in [1.29, 1.82) is 0 Å². The van der Waals surface area contributed by atoms with E-state index in [1.54, 1.807) is 18.5 Å². The highest BCUT2D eigenvalue weighted by atomic mass is 16.5. The zero-order chi connectivity index (χ0) is 28.3. The fraction of sp³-hybridized carbons (Fsp3) is 0.600. The van der Waals surface area contributed by atoms with Gasteiger partial charge in [0.2, 0.25) is 0 Å². The summed E-state index contributed by atoms with van der Waals surface area (Å²) in [5, 5.41) is 17.2. The third-order valence-electron chi connectivity index (χ3n) is 7.38. The van der Waals surface area contributed by atoms with Crippen LogP contribution >= 0.6 is 0 Å².